The van der Waals surface area contributed by atoms with E-state index >= 15 is 0 Å². The highest BCUT2D eigenvalue weighted by atomic mass is 16.3. The highest BCUT2D eigenvalue weighted by Crippen LogP contribution is 2.02. The second-order valence-electron chi connectivity index (χ2n) is 4.53. The van der Waals surface area contributed by atoms with Crippen molar-refractivity contribution in [3.8, 4) is 0 Å². The molecule has 0 atom stereocenters. The van der Waals surface area contributed by atoms with Gasteiger partial charge in [0, 0.05) is 6.54 Å². The zero-order valence-electron chi connectivity index (χ0n) is 8.85. The summed E-state index contributed by atoms with van der Waals surface area (Å²) in [6.07, 6.45) is 2.46. The maximum atomic E-state index is 9.36. The van der Waals surface area contributed by atoms with Crippen LogP contribution >= 0.6 is 0 Å². The van der Waals surface area contributed by atoms with Gasteiger partial charge in [-0.3, -0.25) is 0 Å². The third-order valence-electron chi connectivity index (χ3n) is 1.69. The van der Waals surface area contributed by atoms with Gasteiger partial charge in [0.1, 0.15) is 0 Å². The molecule has 0 bridgehead atoms. The van der Waals surface area contributed by atoms with Crippen LogP contribution in [0.3, 0.4) is 0 Å². The van der Waals surface area contributed by atoms with Crippen LogP contribution in [0.15, 0.2) is 0 Å². The fourth-order valence-electron chi connectivity index (χ4n) is 1.03. The SMILES string of the molecule is CC(C)CCCNCC(C)(C)O. The molecule has 0 aromatic carbocycles. The molecule has 0 amide bonds. The minimum atomic E-state index is -0.572. The molecule has 12 heavy (non-hydrogen) atoms. The van der Waals surface area contributed by atoms with Crippen molar-refractivity contribution in [3.63, 3.8) is 0 Å². The molecule has 0 aromatic heterocycles. The van der Waals surface area contributed by atoms with Gasteiger partial charge in [-0.2, -0.15) is 0 Å². The molecule has 0 saturated heterocycles. The summed E-state index contributed by atoms with van der Waals surface area (Å²) >= 11 is 0. The van der Waals surface area contributed by atoms with Crippen LogP contribution < -0.4 is 5.32 Å². The predicted molar refractivity (Wildman–Crippen MR) is 53.2 cm³/mol. The Kier molecular flexibility index (Phi) is 5.51. The Morgan fingerprint density at radius 3 is 2.33 bits per heavy atom. The average Bonchev–Trinajstić information content (AvgIpc) is 1.83. The van der Waals surface area contributed by atoms with E-state index in [1.54, 1.807) is 0 Å². The first-order valence-corrected chi connectivity index (χ1v) is 4.85. The van der Waals surface area contributed by atoms with Gasteiger partial charge in [0.05, 0.1) is 5.60 Å². The van der Waals surface area contributed by atoms with Gasteiger partial charge in [-0.1, -0.05) is 13.8 Å². The number of hydrogen-bond acceptors (Lipinski definition) is 2. The molecule has 0 aromatic rings. The summed E-state index contributed by atoms with van der Waals surface area (Å²) in [4.78, 5) is 0. The summed E-state index contributed by atoms with van der Waals surface area (Å²) in [5, 5.41) is 12.6. The maximum absolute atomic E-state index is 9.36. The Morgan fingerprint density at radius 2 is 1.92 bits per heavy atom. The van der Waals surface area contributed by atoms with E-state index in [0.29, 0.717) is 6.54 Å². The van der Waals surface area contributed by atoms with E-state index in [2.05, 4.69) is 19.2 Å². The summed E-state index contributed by atoms with van der Waals surface area (Å²) in [5.74, 6) is 0.786. The van der Waals surface area contributed by atoms with E-state index in [1.165, 1.54) is 12.8 Å². The number of nitrogens with one attached hydrogen (secondary N) is 1. The molecule has 0 saturated carbocycles. The lowest BCUT2D eigenvalue weighted by Crippen LogP contribution is -2.35. The van der Waals surface area contributed by atoms with Gasteiger partial charge in [0.25, 0.3) is 0 Å². The summed E-state index contributed by atoms with van der Waals surface area (Å²) in [5.41, 5.74) is -0.572. The van der Waals surface area contributed by atoms with Crippen molar-refractivity contribution < 1.29 is 5.11 Å². The highest BCUT2D eigenvalue weighted by Gasteiger charge is 2.10. The van der Waals surface area contributed by atoms with Crippen LogP contribution in [0.4, 0.5) is 0 Å². The van der Waals surface area contributed by atoms with E-state index in [-0.39, 0.29) is 0 Å². The molecule has 0 aliphatic heterocycles. The van der Waals surface area contributed by atoms with Crippen molar-refractivity contribution in [2.45, 2.75) is 46.1 Å². The smallest absolute Gasteiger partial charge is 0.0715 e. The molecule has 0 aliphatic carbocycles. The van der Waals surface area contributed by atoms with E-state index in [0.717, 1.165) is 12.5 Å². The quantitative estimate of drug-likeness (QED) is 0.600. The summed E-state index contributed by atoms with van der Waals surface area (Å²) < 4.78 is 0. The van der Waals surface area contributed by atoms with Crippen molar-refractivity contribution in [1.82, 2.24) is 5.32 Å². The minimum Gasteiger partial charge on any atom is -0.389 e. The third kappa shape index (κ3) is 9.92. The molecule has 0 heterocycles. The standard InChI is InChI=1S/C10H23NO/c1-9(2)6-5-7-11-8-10(3,4)12/h9,11-12H,5-8H2,1-4H3. The molecule has 0 fully saturated rings. The molecular formula is C10H23NO. The van der Waals surface area contributed by atoms with Crippen LogP contribution in [-0.2, 0) is 0 Å². The van der Waals surface area contributed by atoms with Crippen LogP contribution in [0.2, 0.25) is 0 Å². The first-order chi connectivity index (χ1) is 5.42. The van der Waals surface area contributed by atoms with Crippen molar-refractivity contribution in [3.05, 3.63) is 0 Å². The molecule has 2 nitrogen and oxygen atoms in total. The molecule has 2 N–H and O–H groups in total. The van der Waals surface area contributed by atoms with E-state index in [1.807, 2.05) is 13.8 Å². The Balaban J connectivity index is 3.12. The normalized spacial score (nSPS) is 12.5. The lowest BCUT2D eigenvalue weighted by Gasteiger charge is -2.17. The number of aliphatic hydroxyl groups is 1. The van der Waals surface area contributed by atoms with Crippen molar-refractivity contribution >= 4 is 0 Å². The molecule has 0 rings (SSSR count). The van der Waals surface area contributed by atoms with Gasteiger partial charge in [-0.15, -0.1) is 0 Å². The van der Waals surface area contributed by atoms with Gasteiger partial charge in [-0.05, 0) is 39.2 Å². The largest absolute Gasteiger partial charge is 0.389 e. The second kappa shape index (κ2) is 5.55. The summed E-state index contributed by atoms with van der Waals surface area (Å²) in [6, 6.07) is 0. The Bertz CT molecular complexity index is 105. The Labute approximate surface area is 76.4 Å². The second-order valence-corrected chi connectivity index (χ2v) is 4.53. The minimum absolute atomic E-state index is 0.572. The lowest BCUT2D eigenvalue weighted by atomic mass is 10.1. The maximum Gasteiger partial charge on any atom is 0.0715 e. The zero-order chi connectivity index (χ0) is 9.61. The predicted octanol–water partition coefficient (Wildman–Crippen LogP) is 1.78. The first-order valence-electron chi connectivity index (χ1n) is 4.85. The highest BCUT2D eigenvalue weighted by molar-refractivity contribution is 4.67. The number of rotatable bonds is 6. The Morgan fingerprint density at radius 1 is 1.33 bits per heavy atom. The van der Waals surface area contributed by atoms with Gasteiger partial charge in [0.2, 0.25) is 0 Å². The van der Waals surface area contributed by atoms with Crippen molar-refractivity contribution in [2.75, 3.05) is 13.1 Å². The Hall–Kier alpha value is -0.0800. The van der Waals surface area contributed by atoms with Crippen LogP contribution in [0.1, 0.15) is 40.5 Å². The molecule has 0 radical (unpaired) electrons. The van der Waals surface area contributed by atoms with Crippen LogP contribution in [0.5, 0.6) is 0 Å². The molecular weight excluding hydrogens is 150 g/mol. The fraction of sp³-hybridized carbons (Fsp3) is 1.00. The first kappa shape index (κ1) is 11.9. The zero-order valence-corrected chi connectivity index (χ0v) is 8.85. The molecule has 0 unspecified atom stereocenters. The van der Waals surface area contributed by atoms with E-state index in [4.69, 9.17) is 0 Å². The summed E-state index contributed by atoms with van der Waals surface area (Å²) in [6.45, 7) is 9.81. The topological polar surface area (TPSA) is 32.3 Å². The van der Waals surface area contributed by atoms with Crippen LogP contribution in [-0.4, -0.2) is 23.8 Å². The third-order valence-corrected chi connectivity index (χ3v) is 1.69. The monoisotopic (exact) mass is 173 g/mol. The van der Waals surface area contributed by atoms with Gasteiger partial charge in [-0.25, -0.2) is 0 Å². The van der Waals surface area contributed by atoms with Crippen LogP contribution in [0, 0.1) is 5.92 Å². The number of hydrogen-bond donors (Lipinski definition) is 2. The summed E-state index contributed by atoms with van der Waals surface area (Å²) in [7, 11) is 0. The van der Waals surface area contributed by atoms with Crippen molar-refractivity contribution in [2.24, 2.45) is 5.92 Å². The molecule has 74 valence electrons. The molecule has 0 spiro atoms. The van der Waals surface area contributed by atoms with E-state index in [9.17, 15) is 5.11 Å². The van der Waals surface area contributed by atoms with Gasteiger partial charge >= 0.3 is 0 Å². The fourth-order valence-corrected chi connectivity index (χ4v) is 1.03. The van der Waals surface area contributed by atoms with Crippen LogP contribution in [0.25, 0.3) is 0 Å². The van der Waals surface area contributed by atoms with Crippen molar-refractivity contribution in [1.29, 1.82) is 0 Å². The van der Waals surface area contributed by atoms with Gasteiger partial charge in [0.15, 0.2) is 0 Å². The molecule has 2 heteroatoms. The van der Waals surface area contributed by atoms with Gasteiger partial charge < -0.3 is 10.4 Å². The molecule has 0 aliphatic rings. The lowest BCUT2D eigenvalue weighted by molar-refractivity contribution is 0.0798. The van der Waals surface area contributed by atoms with E-state index < -0.39 is 5.60 Å². The average molecular weight is 173 g/mol.